The third kappa shape index (κ3) is 4.38. The standard InChI is InChI=1S/C15H28N2OS/c1-19-13-8-4-3-7-12(13)17-14(18)11-15(16)9-5-2-6-10-15/h12-13H,2-11,16H2,1H3,(H,17,18). The van der Waals surface area contributed by atoms with Crippen molar-refractivity contribution in [3.63, 3.8) is 0 Å². The van der Waals surface area contributed by atoms with Crippen LogP contribution in [0.3, 0.4) is 0 Å². The number of rotatable bonds is 4. The highest BCUT2D eigenvalue weighted by atomic mass is 32.2. The summed E-state index contributed by atoms with van der Waals surface area (Å²) < 4.78 is 0. The summed E-state index contributed by atoms with van der Waals surface area (Å²) in [5.41, 5.74) is 6.14. The fraction of sp³-hybridized carbons (Fsp3) is 0.933. The van der Waals surface area contributed by atoms with Crippen molar-refractivity contribution in [2.24, 2.45) is 5.73 Å². The van der Waals surface area contributed by atoms with Crippen LogP contribution in [0.15, 0.2) is 0 Å². The molecule has 2 aliphatic carbocycles. The molecule has 2 aliphatic rings. The molecule has 0 spiro atoms. The third-order valence-corrected chi connectivity index (χ3v) is 5.88. The Morgan fingerprint density at radius 3 is 2.58 bits per heavy atom. The Labute approximate surface area is 121 Å². The largest absolute Gasteiger partial charge is 0.352 e. The molecule has 0 bridgehead atoms. The first-order valence-corrected chi connectivity index (χ1v) is 9.03. The van der Waals surface area contributed by atoms with Crippen LogP contribution in [0.25, 0.3) is 0 Å². The van der Waals surface area contributed by atoms with Gasteiger partial charge in [-0.1, -0.05) is 32.1 Å². The lowest BCUT2D eigenvalue weighted by atomic mass is 9.80. The van der Waals surface area contributed by atoms with Gasteiger partial charge in [-0.2, -0.15) is 11.8 Å². The van der Waals surface area contributed by atoms with Gasteiger partial charge in [-0.3, -0.25) is 4.79 Å². The van der Waals surface area contributed by atoms with E-state index in [9.17, 15) is 4.79 Å². The van der Waals surface area contributed by atoms with Gasteiger partial charge in [0.1, 0.15) is 0 Å². The Morgan fingerprint density at radius 1 is 1.21 bits per heavy atom. The quantitative estimate of drug-likeness (QED) is 0.834. The minimum Gasteiger partial charge on any atom is -0.352 e. The van der Waals surface area contributed by atoms with Crippen LogP contribution < -0.4 is 11.1 Å². The molecule has 0 aromatic rings. The van der Waals surface area contributed by atoms with Gasteiger partial charge in [0.15, 0.2) is 0 Å². The number of thioether (sulfide) groups is 1. The second-order valence-corrected chi connectivity index (χ2v) is 7.41. The van der Waals surface area contributed by atoms with Crippen LogP contribution in [0, 0.1) is 0 Å². The van der Waals surface area contributed by atoms with Gasteiger partial charge in [-0.15, -0.1) is 0 Å². The van der Waals surface area contributed by atoms with E-state index in [4.69, 9.17) is 5.73 Å². The summed E-state index contributed by atoms with van der Waals surface area (Å²) in [6, 6.07) is 0.364. The normalized spacial score (nSPS) is 30.8. The van der Waals surface area contributed by atoms with Crippen molar-refractivity contribution >= 4 is 17.7 Å². The van der Waals surface area contributed by atoms with Crippen molar-refractivity contribution < 1.29 is 4.79 Å². The van der Waals surface area contributed by atoms with Crippen molar-refractivity contribution in [3.8, 4) is 0 Å². The van der Waals surface area contributed by atoms with Crippen LogP contribution in [-0.2, 0) is 4.79 Å². The molecule has 1 amide bonds. The van der Waals surface area contributed by atoms with Gasteiger partial charge in [-0.25, -0.2) is 0 Å². The van der Waals surface area contributed by atoms with E-state index in [1.165, 1.54) is 38.5 Å². The average Bonchev–Trinajstić information content (AvgIpc) is 2.39. The van der Waals surface area contributed by atoms with Crippen LogP contribution in [0.4, 0.5) is 0 Å². The van der Waals surface area contributed by atoms with Gasteiger partial charge in [0.2, 0.25) is 5.91 Å². The molecule has 0 aromatic carbocycles. The molecule has 0 heterocycles. The molecule has 0 radical (unpaired) electrons. The van der Waals surface area contributed by atoms with Crippen LogP contribution in [-0.4, -0.2) is 29.0 Å². The molecule has 3 N–H and O–H groups in total. The topological polar surface area (TPSA) is 55.1 Å². The molecule has 2 fully saturated rings. The number of carbonyl (C=O) groups is 1. The Hall–Kier alpha value is -0.220. The minimum absolute atomic E-state index is 0.176. The predicted octanol–water partition coefficient (Wildman–Crippen LogP) is 2.83. The van der Waals surface area contributed by atoms with E-state index in [1.807, 2.05) is 11.8 Å². The first-order chi connectivity index (χ1) is 9.13. The van der Waals surface area contributed by atoms with E-state index in [-0.39, 0.29) is 11.4 Å². The summed E-state index contributed by atoms with van der Waals surface area (Å²) >= 11 is 1.90. The van der Waals surface area contributed by atoms with E-state index in [0.29, 0.717) is 17.7 Å². The van der Waals surface area contributed by atoms with Gasteiger partial charge < -0.3 is 11.1 Å². The summed E-state index contributed by atoms with van der Waals surface area (Å²) in [6.45, 7) is 0. The smallest absolute Gasteiger partial charge is 0.222 e. The highest BCUT2D eigenvalue weighted by molar-refractivity contribution is 7.99. The van der Waals surface area contributed by atoms with Crippen LogP contribution in [0.2, 0.25) is 0 Å². The molecule has 0 aromatic heterocycles. The molecule has 110 valence electrons. The van der Waals surface area contributed by atoms with Crippen molar-refractivity contribution in [1.29, 1.82) is 0 Å². The molecule has 0 saturated heterocycles. The second-order valence-electron chi connectivity index (χ2n) is 6.33. The summed E-state index contributed by atoms with van der Waals surface area (Å²) in [7, 11) is 0. The summed E-state index contributed by atoms with van der Waals surface area (Å²) in [4.78, 5) is 12.2. The SMILES string of the molecule is CSC1CCCCC1NC(=O)CC1(N)CCCCC1. The molecule has 2 rings (SSSR count). The maximum Gasteiger partial charge on any atom is 0.222 e. The maximum atomic E-state index is 12.2. The number of nitrogens with two attached hydrogens (primary N) is 1. The maximum absolute atomic E-state index is 12.2. The van der Waals surface area contributed by atoms with Crippen molar-refractivity contribution in [1.82, 2.24) is 5.32 Å². The summed E-state index contributed by atoms with van der Waals surface area (Å²) in [6.07, 6.45) is 13.3. The van der Waals surface area contributed by atoms with Crippen LogP contribution in [0.5, 0.6) is 0 Å². The zero-order chi connectivity index (χ0) is 13.7. The number of nitrogens with one attached hydrogen (secondary N) is 1. The molecular formula is C15H28N2OS. The molecule has 2 saturated carbocycles. The van der Waals surface area contributed by atoms with Gasteiger partial charge >= 0.3 is 0 Å². The average molecular weight is 284 g/mol. The zero-order valence-corrected chi connectivity index (χ0v) is 12.9. The van der Waals surface area contributed by atoms with E-state index < -0.39 is 0 Å². The molecule has 4 heteroatoms. The third-order valence-electron chi connectivity index (χ3n) is 4.71. The fourth-order valence-corrected chi connectivity index (χ4v) is 4.49. The van der Waals surface area contributed by atoms with E-state index in [1.54, 1.807) is 0 Å². The number of hydrogen-bond donors (Lipinski definition) is 2. The minimum atomic E-state index is -0.230. The molecule has 19 heavy (non-hydrogen) atoms. The predicted molar refractivity (Wildman–Crippen MR) is 82.3 cm³/mol. The van der Waals surface area contributed by atoms with Crippen molar-refractivity contribution in [3.05, 3.63) is 0 Å². The number of hydrogen-bond acceptors (Lipinski definition) is 3. The Kier molecular flexibility index (Phi) is 5.58. The van der Waals surface area contributed by atoms with Crippen LogP contribution >= 0.6 is 11.8 Å². The Balaban J connectivity index is 1.82. The summed E-state index contributed by atoms with van der Waals surface area (Å²) in [5, 5.41) is 3.85. The van der Waals surface area contributed by atoms with Crippen molar-refractivity contribution in [2.45, 2.75) is 81.0 Å². The van der Waals surface area contributed by atoms with Crippen LogP contribution in [0.1, 0.15) is 64.2 Å². The molecule has 0 aliphatic heterocycles. The van der Waals surface area contributed by atoms with Gasteiger partial charge in [0.25, 0.3) is 0 Å². The van der Waals surface area contributed by atoms with Crippen molar-refractivity contribution in [2.75, 3.05) is 6.26 Å². The zero-order valence-electron chi connectivity index (χ0n) is 12.1. The lowest BCUT2D eigenvalue weighted by molar-refractivity contribution is -0.123. The molecule has 2 unspecified atom stereocenters. The van der Waals surface area contributed by atoms with Gasteiger partial charge in [-0.05, 0) is 31.9 Å². The molecule has 2 atom stereocenters. The van der Waals surface area contributed by atoms with Gasteiger partial charge in [0, 0.05) is 23.3 Å². The number of amides is 1. The van der Waals surface area contributed by atoms with E-state index in [2.05, 4.69) is 11.6 Å². The Bertz CT molecular complexity index is 303. The van der Waals surface area contributed by atoms with E-state index >= 15 is 0 Å². The fourth-order valence-electron chi connectivity index (χ4n) is 3.55. The molecular weight excluding hydrogens is 256 g/mol. The summed E-state index contributed by atoms with van der Waals surface area (Å²) in [5.74, 6) is 0.176. The first-order valence-electron chi connectivity index (χ1n) is 7.74. The number of carbonyl (C=O) groups excluding carboxylic acids is 1. The monoisotopic (exact) mass is 284 g/mol. The highest BCUT2D eigenvalue weighted by Gasteiger charge is 2.32. The lowest BCUT2D eigenvalue weighted by Gasteiger charge is -2.35. The molecule has 3 nitrogen and oxygen atoms in total. The second kappa shape index (κ2) is 6.98. The highest BCUT2D eigenvalue weighted by Crippen LogP contribution is 2.30. The van der Waals surface area contributed by atoms with Gasteiger partial charge in [0.05, 0.1) is 0 Å². The Morgan fingerprint density at radius 2 is 1.89 bits per heavy atom. The van der Waals surface area contributed by atoms with E-state index in [0.717, 1.165) is 19.3 Å². The first kappa shape index (κ1) is 15.2. The lowest BCUT2D eigenvalue weighted by Crippen LogP contribution is -2.50.